The van der Waals surface area contributed by atoms with Crippen LogP contribution in [0.25, 0.3) is 0 Å². The molecule has 2 rings (SSSR count). The molecule has 0 spiro atoms. The Balaban J connectivity index is 0.00000128. The van der Waals surface area contributed by atoms with Crippen LogP contribution in [0.3, 0.4) is 0 Å². The van der Waals surface area contributed by atoms with E-state index in [1.165, 1.54) is 0 Å². The van der Waals surface area contributed by atoms with Gasteiger partial charge in [0.15, 0.2) is 0 Å². The zero-order valence-corrected chi connectivity index (χ0v) is 10.5. The van der Waals surface area contributed by atoms with Crippen molar-refractivity contribution in [2.24, 2.45) is 14.1 Å². The summed E-state index contributed by atoms with van der Waals surface area (Å²) in [6.45, 7) is 2.77. The van der Waals surface area contributed by atoms with E-state index in [-0.39, 0.29) is 12.4 Å². The number of rotatable bonds is 3. The predicted octanol–water partition coefficient (Wildman–Crippen LogP) is 1.50. The number of aryl methyl sites for hydroxylation is 3. The first-order chi connectivity index (χ1) is 7.16. The largest absolute Gasteiger partial charge is 0.363 e. The highest BCUT2D eigenvalue weighted by molar-refractivity contribution is 5.85. The van der Waals surface area contributed by atoms with Crippen molar-refractivity contribution in [3.63, 3.8) is 0 Å². The molecule has 0 aliphatic rings. The SMILES string of the molecule is Cc1cc(NCc2ccnn2C)nn1C.Cl. The lowest BCUT2D eigenvalue weighted by Crippen LogP contribution is -2.06. The maximum Gasteiger partial charge on any atom is 0.148 e. The number of anilines is 1. The number of hydrogen-bond donors (Lipinski definition) is 1. The molecule has 1 N–H and O–H groups in total. The van der Waals surface area contributed by atoms with Crippen LogP contribution < -0.4 is 5.32 Å². The van der Waals surface area contributed by atoms with Gasteiger partial charge in [-0.05, 0) is 13.0 Å². The molecular weight excluding hydrogens is 226 g/mol. The highest BCUT2D eigenvalue weighted by Crippen LogP contribution is 2.08. The van der Waals surface area contributed by atoms with Gasteiger partial charge in [-0.15, -0.1) is 12.4 Å². The van der Waals surface area contributed by atoms with Crippen LogP contribution in [0.1, 0.15) is 11.4 Å². The van der Waals surface area contributed by atoms with E-state index < -0.39 is 0 Å². The molecule has 2 heterocycles. The molecule has 6 heteroatoms. The summed E-state index contributed by atoms with van der Waals surface area (Å²) in [7, 11) is 3.87. The molecule has 0 aromatic carbocycles. The van der Waals surface area contributed by atoms with Crippen molar-refractivity contribution >= 4 is 18.2 Å². The lowest BCUT2D eigenvalue weighted by molar-refractivity contribution is 0.715. The first-order valence-corrected chi connectivity index (χ1v) is 4.88. The van der Waals surface area contributed by atoms with Gasteiger partial charge in [-0.1, -0.05) is 0 Å². The average molecular weight is 242 g/mol. The van der Waals surface area contributed by atoms with E-state index in [2.05, 4.69) is 15.5 Å². The predicted molar refractivity (Wildman–Crippen MR) is 65.7 cm³/mol. The molecule has 0 unspecified atom stereocenters. The molecule has 0 fully saturated rings. The molecule has 16 heavy (non-hydrogen) atoms. The van der Waals surface area contributed by atoms with Crippen molar-refractivity contribution in [1.82, 2.24) is 19.6 Å². The summed E-state index contributed by atoms with van der Waals surface area (Å²) in [5, 5.41) is 11.7. The van der Waals surface area contributed by atoms with E-state index >= 15 is 0 Å². The molecule has 0 radical (unpaired) electrons. The molecule has 88 valence electrons. The van der Waals surface area contributed by atoms with Crippen molar-refractivity contribution < 1.29 is 0 Å². The van der Waals surface area contributed by atoms with Gasteiger partial charge in [0.1, 0.15) is 5.82 Å². The first kappa shape index (κ1) is 12.6. The van der Waals surface area contributed by atoms with Crippen molar-refractivity contribution in [3.8, 4) is 0 Å². The van der Waals surface area contributed by atoms with Crippen LogP contribution in [0, 0.1) is 6.92 Å². The van der Waals surface area contributed by atoms with Crippen LogP contribution in [0.5, 0.6) is 0 Å². The first-order valence-electron chi connectivity index (χ1n) is 4.88. The highest BCUT2D eigenvalue weighted by Gasteiger charge is 2.02. The molecule has 0 bridgehead atoms. The van der Waals surface area contributed by atoms with Gasteiger partial charge in [0.05, 0.1) is 12.2 Å². The highest BCUT2D eigenvalue weighted by atomic mass is 35.5. The molecule has 0 saturated heterocycles. The maximum atomic E-state index is 4.32. The maximum absolute atomic E-state index is 4.32. The molecular formula is C10H16ClN5. The molecule has 0 atom stereocenters. The average Bonchev–Trinajstić information content (AvgIpc) is 2.72. The number of hydrogen-bond acceptors (Lipinski definition) is 3. The normalized spacial score (nSPS) is 9.94. The summed E-state index contributed by atoms with van der Waals surface area (Å²) in [6.07, 6.45) is 1.79. The Morgan fingerprint density at radius 1 is 1.31 bits per heavy atom. The van der Waals surface area contributed by atoms with Crippen molar-refractivity contribution in [3.05, 3.63) is 29.7 Å². The Hall–Kier alpha value is -1.49. The fourth-order valence-corrected chi connectivity index (χ4v) is 1.40. The Kier molecular flexibility index (Phi) is 3.95. The fourth-order valence-electron chi connectivity index (χ4n) is 1.40. The second-order valence-electron chi connectivity index (χ2n) is 3.59. The van der Waals surface area contributed by atoms with Crippen molar-refractivity contribution in [1.29, 1.82) is 0 Å². The Labute approximate surface area is 101 Å². The van der Waals surface area contributed by atoms with E-state index in [0.29, 0.717) is 0 Å². The standard InChI is InChI=1S/C10H15N5.ClH/c1-8-6-10(13-14(8)2)11-7-9-4-5-12-15(9)3;/h4-6H,7H2,1-3H3,(H,11,13);1H. The minimum Gasteiger partial charge on any atom is -0.363 e. The van der Waals surface area contributed by atoms with Crippen LogP contribution >= 0.6 is 12.4 Å². The number of nitrogens with zero attached hydrogens (tertiary/aromatic N) is 4. The summed E-state index contributed by atoms with van der Waals surface area (Å²) in [5.74, 6) is 0.899. The smallest absolute Gasteiger partial charge is 0.148 e. The Bertz CT molecular complexity index is 440. The van der Waals surface area contributed by atoms with Crippen LogP contribution in [0.4, 0.5) is 5.82 Å². The van der Waals surface area contributed by atoms with E-state index in [9.17, 15) is 0 Å². The summed E-state index contributed by atoms with van der Waals surface area (Å²) in [5.41, 5.74) is 2.28. The van der Waals surface area contributed by atoms with Crippen LogP contribution in [0.2, 0.25) is 0 Å². The van der Waals surface area contributed by atoms with Gasteiger partial charge in [-0.2, -0.15) is 10.2 Å². The monoisotopic (exact) mass is 241 g/mol. The molecule has 5 nitrogen and oxygen atoms in total. The van der Waals surface area contributed by atoms with E-state index in [1.807, 2.05) is 42.5 Å². The zero-order valence-electron chi connectivity index (χ0n) is 9.64. The molecule has 0 saturated carbocycles. The summed E-state index contributed by atoms with van der Waals surface area (Å²) in [6, 6.07) is 4.01. The van der Waals surface area contributed by atoms with Crippen molar-refractivity contribution in [2.75, 3.05) is 5.32 Å². The van der Waals surface area contributed by atoms with E-state index in [1.54, 1.807) is 6.20 Å². The lowest BCUT2D eigenvalue weighted by Gasteiger charge is -2.02. The summed E-state index contributed by atoms with van der Waals surface area (Å²) < 4.78 is 3.70. The van der Waals surface area contributed by atoms with Gasteiger partial charge in [0, 0.05) is 32.1 Å². The molecule has 2 aromatic rings. The third kappa shape index (κ3) is 2.55. The van der Waals surface area contributed by atoms with Gasteiger partial charge in [-0.3, -0.25) is 9.36 Å². The Morgan fingerprint density at radius 3 is 2.56 bits per heavy atom. The fraction of sp³-hybridized carbons (Fsp3) is 0.400. The molecule has 0 amide bonds. The third-order valence-corrected chi connectivity index (χ3v) is 2.49. The summed E-state index contributed by atoms with van der Waals surface area (Å²) >= 11 is 0. The van der Waals surface area contributed by atoms with Gasteiger partial charge in [-0.25, -0.2) is 0 Å². The zero-order chi connectivity index (χ0) is 10.8. The van der Waals surface area contributed by atoms with Gasteiger partial charge in [0.25, 0.3) is 0 Å². The van der Waals surface area contributed by atoms with Crippen LogP contribution in [-0.2, 0) is 20.6 Å². The molecule has 0 aliphatic carbocycles. The summed E-state index contributed by atoms with van der Waals surface area (Å²) in [4.78, 5) is 0. The van der Waals surface area contributed by atoms with Gasteiger partial charge in [0.2, 0.25) is 0 Å². The third-order valence-electron chi connectivity index (χ3n) is 2.49. The minimum absolute atomic E-state index is 0. The Morgan fingerprint density at radius 2 is 2.06 bits per heavy atom. The number of halogens is 1. The van der Waals surface area contributed by atoms with E-state index in [0.717, 1.165) is 23.8 Å². The van der Waals surface area contributed by atoms with Crippen molar-refractivity contribution in [2.45, 2.75) is 13.5 Å². The molecule has 2 aromatic heterocycles. The second-order valence-corrected chi connectivity index (χ2v) is 3.59. The number of aromatic nitrogens is 4. The van der Waals surface area contributed by atoms with E-state index in [4.69, 9.17) is 0 Å². The van der Waals surface area contributed by atoms with Crippen LogP contribution in [0.15, 0.2) is 18.3 Å². The quantitative estimate of drug-likeness (QED) is 0.886. The van der Waals surface area contributed by atoms with Crippen LogP contribution in [-0.4, -0.2) is 19.6 Å². The second kappa shape index (κ2) is 5.03. The number of nitrogens with one attached hydrogen (secondary N) is 1. The topological polar surface area (TPSA) is 47.7 Å². The van der Waals surface area contributed by atoms with Gasteiger partial charge >= 0.3 is 0 Å². The molecule has 0 aliphatic heterocycles. The minimum atomic E-state index is 0. The van der Waals surface area contributed by atoms with Gasteiger partial charge < -0.3 is 5.32 Å². The lowest BCUT2D eigenvalue weighted by atomic mass is 10.4.